The fourth-order valence-corrected chi connectivity index (χ4v) is 2.87. The molecule has 2 heterocycles. The zero-order valence-corrected chi connectivity index (χ0v) is 13.2. The highest BCUT2D eigenvalue weighted by Gasteiger charge is 2.33. The maximum atomic E-state index is 12.7. The summed E-state index contributed by atoms with van der Waals surface area (Å²) in [5.41, 5.74) is 1.13. The van der Waals surface area contributed by atoms with Crippen LogP contribution in [0.25, 0.3) is 0 Å². The molecule has 2 aromatic rings. The number of amides is 1. The Morgan fingerprint density at radius 3 is 2.64 bits per heavy atom. The smallest absolute Gasteiger partial charge is 0.246 e. The van der Waals surface area contributed by atoms with Crippen molar-refractivity contribution >= 4 is 5.91 Å². The van der Waals surface area contributed by atoms with E-state index in [-0.39, 0.29) is 11.9 Å². The Labute approximate surface area is 130 Å². The first kappa shape index (κ1) is 14.7. The zero-order chi connectivity index (χ0) is 15.7. The molecule has 0 N–H and O–H groups in total. The molecule has 0 unspecified atom stereocenters. The van der Waals surface area contributed by atoms with E-state index >= 15 is 0 Å². The minimum Gasteiger partial charge on any atom is -0.329 e. The van der Waals surface area contributed by atoms with Crippen molar-refractivity contribution in [3.05, 3.63) is 47.5 Å². The maximum absolute atomic E-state index is 12.7. The van der Waals surface area contributed by atoms with Gasteiger partial charge in [-0.3, -0.25) is 9.36 Å². The third-order valence-corrected chi connectivity index (χ3v) is 3.90. The molecule has 0 aliphatic carbocycles. The van der Waals surface area contributed by atoms with Crippen molar-refractivity contribution in [2.45, 2.75) is 32.6 Å². The minimum absolute atomic E-state index is 0.121. The van der Waals surface area contributed by atoms with E-state index in [1.165, 1.54) is 0 Å². The lowest BCUT2D eigenvalue weighted by Gasteiger charge is -2.32. The third-order valence-electron chi connectivity index (χ3n) is 3.90. The van der Waals surface area contributed by atoms with E-state index in [9.17, 15) is 4.79 Å². The predicted molar refractivity (Wildman–Crippen MR) is 82.8 cm³/mol. The number of hydrogen-bond donors (Lipinski definition) is 0. The molecule has 22 heavy (non-hydrogen) atoms. The van der Waals surface area contributed by atoms with E-state index in [0.717, 1.165) is 17.2 Å². The van der Waals surface area contributed by atoms with Gasteiger partial charge in [-0.1, -0.05) is 30.3 Å². The number of carbonyl (C=O) groups is 1. The van der Waals surface area contributed by atoms with E-state index in [2.05, 4.69) is 10.2 Å². The average molecular weight is 299 g/mol. The van der Waals surface area contributed by atoms with Gasteiger partial charge in [0.15, 0.2) is 5.82 Å². The number of benzene rings is 1. The number of rotatable bonds is 4. The lowest BCUT2D eigenvalue weighted by molar-refractivity contribution is -0.137. The molecule has 6 nitrogen and oxygen atoms in total. The largest absolute Gasteiger partial charge is 0.329 e. The van der Waals surface area contributed by atoms with Crippen LogP contribution in [0.15, 0.2) is 30.3 Å². The number of aromatic nitrogens is 3. The number of nitrogens with zero attached hydrogens (tertiary/aromatic N) is 5. The lowest BCUT2D eigenvalue weighted by Crippen LogP contribution is -2.42. The topological polar surface area (TPSA) is 54.3 Å². The summed E-state index contributed by atoms with van der Waals surface area (Å²) in [7, 11) is 3.97. The first-order chi connectivity index (χ1) is 10.6. The van der Waals surface area contributed by atoms with Gasteiger partial charge in [-0.2, -0.15) is 0 Å². The highest BCUT2D eigenvalue weighted by atomic mass is 16.2. The summed E-state index contributed by atoms with van der Waals surface area (Å²) >= 11 is 0. The molecule has 116 valence electrons. The standard InChI is InChI=1S/C16H21N5O/c1-12-16(22)20(9-13-7-5-4-6-8-13)11-15-18-17-14(21(12)15)10-19(2)3/h4-8,12H,9-11H2,1-3H3/t12-/m1/s1. The Bertz CT molecular complexity index is 664. The lowest BCUT2D eigenvalue weighted by atomic mass is 10.1. The normalized spacial score (nSPS) is 17.9. The van der Waals surface area contributed by atoms with Crippen LogP contribution < -0.4 is 0 Å². The molecule has 0 radical (unpaired) electrons. The molecule has 1 aromatic heterocycles. The average Bonchev–Trinajstić information content (AvgIpc) is 2.87. The first-order valence-electron chi connectivity index (χ1n) is 7.46. The Balaban J connectivity index is 1.84. The van der Waals surface area contributed by atoms with Gasteiger partial charge in [-0.15, -0.1) is 10.2 Å². The van der Waals surface area contributed by atoms with Gasteiger partial charge < -0.3 is 9.80 Å². The highest BCUT2D eigenvalue weighted by Crippen LogP contribution is 2.24. The van der Waals surface area contributed by atoms with E-state index in [1.54, 1.807) is 0 Å². The van der Waals surface area contributed by atoms with Crippen LogP contribution in [0.3, 0.4) is 0 Å². The Kier molecular flexibility index (Phi) is 3.94. The van der Waals surface area contributed by atoms with Gasteiger partial charge in [0, 0.05) is 6.54 Å². The second-order valence-corrected chi connectivity index (χ2v) is 6.00. The van der Waals surface area contributed by atoms with Crippen LogP contribution in [-0.4, -0.2) is 44.6 Å². The summed E-state index contributed by atoms with van der Waals surface area (Å²) in [6.07, 6.45) is 0. The van der Waals surface area contributed by atoms with Crippen LogP contribution in [0.2, 0.25) is 0 Å². The van der Waals surface area contributed by atoms with Crippen LogP contribution in [0, 0.1) is 0 Å². The van der Waals surface area contributed by atoms with Crippen molar-refractivity contribution in [1.82, 2.24) is 24.6 Å². The van der Waals surface area contributed by atoms with Crippen LogP contribution in [0.5, 0.6) is 0 Å². The van der Waals surface area contributed by atoms with Gasteiger partial charge in [-0.25, -0.2) is 0 Å². The van der Waals surface area contributed by atoms with Crippen molar-refractivity contribution in [2.24, 2.45) is 0 Å². The molecule has 1 amide bonds. The Morgan fingerprint density at radius 1 is 1.23 bits per heavy atom. The van der Waals surface area contributed by atoms with Crippen molar-refractivity contribution in [1.29, 1.82) is 0 Å². The molecule has 1 aliphatic heterocycles. The molecule has 1 aromatic carbocycles. The first-order valence-corrected chi connectivity index (χ1v) is 7.46. The summed E-state index contributed by atoms with van der Waals surface area (Å²) in [6.45, 7) is 3.73. The second kappa shape index (κ2) is 5.88. The van der Waals surface area contributed by atoms with Gasteiger partial charge in [0.1, 0.15) is 11.9 Å². The van der Waals surface area contributed by atoms with Crippen molar-refractivity contribution < 1.29 is 4.79 Å². The van der Waals surface area contributed by atoms with Crippen molar-refractivity contribution in [3.63, 3.8) is 0 Å². The molecule has 6 heteroatoms. The quantitative estimate of drug-likeness (QED) is 0.857. The van der Waals surface area contributed by atoms with Crippen molar-refractivity contribution in [2.75, 3.05) is 14.1 Å². The molecule has 0 spiro atoms. The van der Waals surface area contributed by atoms with Crippen LogP contribution in [-0.2, 0) is 24.4 Å². The fourth-order valence-electron chi connectivity index (χ4n) is 2.87. The predicted octanol–water partition coefficient (Wildman–Crippen LogP) is 1.44. The second-order valence-electron chi connectivity index (χ2n) is 6.00. The monoisotopic (exact) mass is 299 g/mol. The summed E-state index contributed by atoms with van der Waals surface area (Å²) in [5, 5.41) is 8.54. The van der Waals surface area contributed by atoms with Gasteiger partial charge in [0.05, 0.1) is 13.1 Å². The minimum atomic E-state index is -0.252. The number of hydrogen-bond acceptors (Lipinski definition) is 4. The molecule has 1 aliphatic rings. The molecule has 0 bridgehead atoms. The van der Waals surface area contributed by atoms with Gasteiger partial charge in [0.25, 0.3) is 0 Å². The van der Waals surface area contributed by atoms with E-state index in [4.69, 9.17) is 0 Å². The molecule has 0 fully saturated rings. The van der Waals surface area contributed by atoms with Gasteiger partial charge >= 0.3 is 0 Å². The maximum Gasteiger partial charge on any atom is 0.246 e. The summed E-state index contributed by atoms with van der Waals surface area (Å²) < 4.78 is 1.98. The van der Waals surface area contributed by atoms with Crippen molar-refractivity contribution in [3.8, 4) is 0 Å². The fraction of sp³-hybridized carbons (Fsp3) is 0.438. The molecule has 1 atom stereocenters. The number of carbonyl (C=O) groups excluding carboxylic acids is 1. The molecule has 3 rings (SSSR count). The van der Waals surface area contributed by atoms with E-state index in [1.807, 2.05) is 65.7 Å². The number of fused-ring (bicyclic) bond motifs is 1. The van der Waals surface area contributed by atoms with E-state index in [0.29, 0.717) is 19.6 Å². The van der Waals surface area contributed by atoms with Crippen LogP contribution in [0.4, 0.5) is 0 Å². The summed E-state index contributed by atoms with van der Waals surface area (Å²) in [5.74, 6) is 1.83. The molecule has 0 saturated carbocycles. The van der Waals surface area contributed by atoms with Crippen LogP contribution in [0.1, 0.15) is 30.2 Å². The van der Waals surface area contributed by atoms with Crippen LogP contribution >= 0.6 is 0 Å². The Hall–Kier alpha value is -2.21. The molecule has 0 saturated heterocycles. The van der Waals surface area contributed by atoms with Gasteiger partial charge in [0.2, 0.25) is 5.91 Å². The highest BCUT2D eigenvalue weighted by molar-refractivity contribution is 5.81. The Morgan fingerprint density at radius 2 is 1.95 bits per heavy atom. The molecular weight excluding hydrogens is 278 g/mol. The van der Waals surface area contributed by atoms with Gasteiger partial charge in [-0.05, 0) is 26.6 Å². The summed E-state index contributed by atoms with van der Waals surface area (Å²) in [4.78, 5) is 16.5. The van der Waals surface area contributed by atoms with E-state index < -0.39 is 0 Å². The molecular formula is C16H21N5O. The summed E-state index contributed by atoms with van der Waals surface area (Å²) in [6, 6.07) is 9.78. The zero-order valence-electron chi connectivity index (χ0n) is 13.2. The third kappa shape index (κ3) is 2.74. The SMILES string of the molecule is C[C@@H]1C(=O)N(Cc2ccccc2)Cc2nnc(CN(C)C)n21.